The zero-order valence-electron chi connectivity index (χ0n) is 9.89. The van der Waals surface area contributed by atoms with Crippen LogP contribution >= 0.6 is 0 Å². The molecule has 1 fully saturated rings. The van der Waals surface area contributed by atoms with E-state index in [0.717, 1.165) is 18.3 Å². The second kappa shape index (κ2) is 5.41. The number of nitrogens with two attached hydrogens (primary N) is 1. The molecule has 0 aliphatic heterocycles. The second-order valence-electron chi connectivity index (χ2n) is 5.02. The molecular weight excluding hydrogens is 198 g/mol. The summed E-state index contributed by atoms with van der Waals surface area (Å²) >= 11 is 0. The van der Waals surface area contributed by atoms with Crippen LogP contribution < -0.4 is 11.3 Å². The van der Waals surface area contributed by atoms with Gasteiger partial charge in [0.2, 0.25) is 0 Å². The summed E-state index contributed by atoms with van der Waals surface area (Å²) in [5.74, 6) is 7.25. The molecule has 1 aliphatic rings. The van der Waals surface area contributed by atoms with Crippen LogP contribution in [-0.4, -0.2) is 11.0 Å². The molecule has 88 valence electrons. The Kier molecular flexibility index (Phi) is 3.91. The van der Waals surface area contributed by atoms with Crippen molar-refractivity contribution in [3.63, 3.8) is 0 Å². The zero-order valence-corrected chi connectivity index (χ0v) is 9.89. The molecule has 3 nitrogen and oxygen atoms in total. The van der Waals surface area contributed by atoms with E-state index in [1.807, 2.05) is 18.5 Å². The van der Waals surface area contributed by atoms with Gasteiger partial charge in [-0.2, -0.15) is 0 Å². The third-order valence-electron chi connectivity index (χ3n) is 3.70. The molecule has 1 aliphatic carbocycles. The fourth-order valence-corrected chi connectivity index (χ4v) is 2.75. The van der Waals surface area contributed by atoms with Gasteiger partial charge in [0.25, 0.3) is 0 Å². The molecule has 0 bridgehead atoms. The molecular formula is C13H21N3. The van der Waals surface area contributed by atoms with E-state index in [-0.39, 0.29) is 0 Å². The van der Waals surface area contributed by atoms with Gasteiger partial charge in [-0.05, 0) is 42.7 Å². The van der Waals surface area contributed by atoms with E-state index in [2.05, 4.69) is 23.4 Å². The van der Waals surface area contributed by atoms with Crippen molar-refractivity contribution in [2.45, 2.75) is 38.6 Å². The molecule has 1 heterocycles. The van der Waals surface area contributed by atoms with Crippen LogP contribution in [0.2, 0.25) is 0 Å². The van der Waals surface area contributed by atoms with Crippen molar-refractivity contribution < 1.29 is 0 Å². The average molecular weight is 219 g/mol. The first-order chi connectivity index (χ1) is 7.79. The minimum absolute atomic E-state index is 0.397. The standard InChI is InChI=1S/C13H21N3/c1-10-4-5-12(7-10)13(16-14)8-11-3-2-6-15-9-11/h2-3,6,9-10,12-13,16H,4-5,7-8,14H2,1H3. The summed E-state index contributed by atoms with van der Waals surface area (Å²) in [4.78, 5) is 4.15. The number of aromatic nitrogens is 1. The van der Waals surface area contributed by atoms with Crippen molar-refractivity contribution in [2.75, 3.05) is 0 Å². The molecule has 3 N–H and O–H groups in total. The Hall–Kier alpha value is -0.930. The Bertz CT molecular complexity index is 312. The highest BCUT2D eigenvalue weighted by Crippen LogP contribution is 2.33. The van der Waals surface area contributed by atoms with Crippen LogP contribution in [-0.2, 0) is 6.42 Å². The van der Waals surface area contributed by atoms with Crippen LogP contribution in [0.15, 0.2) is 24.5 Å². The summed E-state index contributed by atoms with van der Waals surface area (Å²) in [6.45, 7) is 2.33. The Labute approximate surface area is 97.4 Å². The summed E-state index contributed by atoms with van der Waals surface area (Å²) in [6, 6.07) is 4.50. The monoisotopic (exact) mass is 219 g/mol. The molecule has 0 spiro atoms. The summed E-state index contributed by atoms with van der Waals surface area (Å²) in [5, 5.41) is 0. The number of pyridine rings is 1. The van der Waals surface area contributed by atoms with E-state index in [1.54, 1.807) is 0 Å². The predicted molar refractivity (Wildman–Crippen MR) is 65.6 cm³/mol. The molecule has 0 radical (unpaired) electrons. The molecule has 1 saturated carbocycles. The van der Waals surface area contributed by atoms with E-state index in [9.17, 15) is 0 Å². The molecule has 1 aromatic heterocycles. The molecule has 2 rings (SSSR count). The van der Waals surface area contributed by atoms with E-state index in [1.165, 1.54) is 24.8 Å². The molecule has 0 amide bonds. The number of nitrogens with zero attached hydrogens (tertiary/aromatic N) is 1. The molecule has 0 aromatic carbocycles. The maximum absolute atomic E-state index is 5.68. The van der Waals surface area contributed by atoms with Gasteiger partial charge < -0.3 is 0 Å². The number of nitrogens with one attached hydrogen (secondary N) is 1. The Balaban J connectivity index is 1.96. The van der Waals surface area contributed by atoms with Gasteiger partial charge in [0.1, 0.15) is 0 Å². The maximum atomic E-state index is 5.68. The van der Waals surface area contributed by atoms with Gasteiger partial charge in [0.15, 0.2) is 0 Å². The smallest absolute Gasteiger partial charge is 0.0300 e. The number of hydrogen-bond donors (Lipinski definition) is 2. The van der Waals surface area contributed by atoms with Crippen LogP contribution in [0.5, 0.6) is 0 Å². The Morgan fingerprint density at radius 1 is 1.56 bits per heavy atom. The molecule has 3 unspecified atom stereocenters. The number of hydrogen-bond acceptors (Lipinski definition) is 3. The maximum Gasteiger partial charge on any atom is 0.0300 e. The van der Waals surface area contributed by atoms with Crippen molar-refractivity contribution in [1.29, 1.82) is 0 Å². The minimum atomic E-state index is 0.397. The van der Waals surface area contributed by atoms with Crippen molar-refractivity contribution in [3.8, 4) is 0 Å². The van der Waals surface area contributed by atoms with Crippen molar-refractivity contribution >= 4 is 0 Å². The second-order valence-corrected chi connectivity index (χ2v) is 5.02. The van der Waals surface area contributed by atoms with Crippen molar-refractivity contribution in [1.82, 2.24) is 10.4 Å². The van der Waals surface area contributed by atoms with Crippen molar-refractivity contribution in [2.24, 2.45) is 17.7 Å². The highest BCUT2D eigenvalue weighted by molar-refractivity contribution is 5.10. The fourth-order valence-electron chi connectivity index (χ4n) is 2.75. The van der Waals surface area contributed by atoms with Gasteiger partial charge >= 0.3 is 0 Å². The molecule has 0 saturated heterocycles. The van der Waals surface area contributed by atoms with Crippen LogP contribution in [0, 0.1) is 11.8 Å². The van der Waals surface area contributed by atoms with E-state index >= 15 is 0 Å². The SMILES string of the molecule is CC1CCC(C(Cc2cccnc2)NN)C1. The number of rotatable bonds is 4. The lowest BCUT2D eigenvalue weighted by Gasteiger charge is -2.22. The van der Waals surface area contributed by atoms with Gasteiger partial charge in [-0.15, -0.1) is 0 Å². The zero-order chi connectivity index (χ0) is 11.4. The quantitative estimate of drug-likeness (QED) is 0.600. The van der Waals surface area contributed by atoms with Gasteiger partial charge in [-0.1, -0.05) is 19.4 Å². The lowest BCUT2D eigenvalue weighted by atomic mass is 9.92. The topological polar surface area (TPSA) is 50.9 Å². The molecule has 3 atom stereocenters. The number of hydrazine groups is 1. The summed E-state index contributed by atoms with van der Waals surface area (Å²) < 4.78 is 0. The van der Waals surface area contributed by atoms with Crippen LogP contribution in [0.1, 0.15) is 31.7 Å². The third-order valence-corrected chi connectivity index (χ3v) is 3.70. The van der Waals surface area contributed by atoms with Crippen LogP contribution in [0.4, 0.5) is 0 Å². The predicted octanol–water partition coefficient (Wildman–Crippen LogP) is 1.89. The lowest BCUT2D eigenvalue weighted by Crippen LogP contribution is -2.41. The van der Waals surface area contributed by atoms with Gasteiger partial charge in [-0.3, -0.25) is 16.3 Å². The largest absolute Gasteiger partial charge is 0.271 e. The lowest BCUT2D eigenvalue weighted by molar-refractivity contribution is 0.352. The molecule has 16 heavy (non-hydrogen) atoms. The summed E-state index contributed by atoms with van der Waals surface area (Å²) in [6.07, 6.45) is 8.68. The molecule has 1 aromatic rings. The van der Waals surface area contributed by atoms with E-state index in [0.29, 0.717) is 6.04 Å². The Morgan fingerprint density at radius 3 is 3.00 bits per heavy atom. The third kappa shape index (κ3) is 2.80. The van der Waals surface area contributed by atoms with E-state index < -0.39 is 0 Å². The minimum Gasteiger partial charge on any atom is -0.271 e. The van der Waals surface area contributed by atoms with Gasteiger partial charge in [-0.25, -0.2) is 0 Å². The fraction of sp³-hybridized carbons (Fsp3) is 0.615. The first kappa shape index (κ1) is 11.6. The molecule has 3 heteroatoms. The highest BCUT2D eigenvalue weighted by atomic mass is 15.2. The normalized spacial score (nSPS) is 26.9. The Morgan fingerprint density at radius 2 is 2.44 bits per heavy atom. The van der Waals surface area contributed by atoms with Crippen LogP contribution in [0.3, 0.4) is 0 Å². The first-order valence-corrected chi connectivity index (χ1v) is 6.14. The summed E-state index contributed by atoms with van der Waals surface area (Å²) in [5.41, 5.74) is 4.25. The summed E-state index contributed by atoms with van der Waals surface area (Å²) in [7, 11) is 0. The highest BCUT2D eigenvalue weighted by Gasteiger charge is 2.28. The van der Waals surface area contributed by atoms with E-state index in [4.69, 9.17) is 5.84 Å². The first-order valence-electron chi connectivity index (χ1n) is 6.14. The van der Waals surface area contributed by atoms with Gasteiger partial charge in [0, 0.05) is 18.4 Å². The van der Waals surface area contributed by atoms with Crippen molar-refractivity contribution in [3.05, 3.63) is 30.1 Å². The van der Waals surface area contributed by atoms with Gasteiger partial charge in [0.05, 0.1) is 0 Å². The van der Waals surface area contributed by atoms with Crippen LogP contribution in [0.25, 0.3) is 0 Å². The average Bonchev–Trinajstić information content (AvgIpc) is 2.74.